The summed E-state index contributed by atoms with van der Waals surface area (Å²) in [6.45, 7) is 7.74. The summed E-state index contributed by atoms with van der Waals surface area (Å²) in [5, 5.41) is 0. The molecule has 0 fully saturated rings. The Kier molecular flexibility index (Phi) is 7.73. The average molecular weight is 524 g/mol. The van der Waals surface area contributed by atoms with Crippen LogP contribution in [-0.2, 0) is 21.3 Å². The molecule has 0 radical (unpaired) electrons. The summed E-state index contributed by atoms with van der Waals surface area (Å²) in [6.07, 6.45) is 0. The van der Waals surface area contributed by atoms with Gasteiger partial charge in [0.15, 0.2) is 4.80 Å². The largest absolute Gasteiger partial charge is 0.380 e. The van der Waals surface area contributed by atoms with Crippen LogP contribution in [0.3, 0.4) is 0 Å². The molecule has 0 N–H and O–H groups in total. The summed E-state index contributed by atoms with van der Waals surface area (Å²) in [6, 6.07) is 18.9. The number of fused-ring (bicyclic) bond motifs is 1. The van der Waals surface area contributed by atoms with Crippen LogP contribution < -0.4 is 9.11 Å². The summed E-state index contributed by atoms with van der Waals surface area (Å²) in [5.41, 5.74) is 4.18. The van der Waals surface area contributed by atoms with Crippen molar-refractivity contribution in [1.82, 2.24) is 4.57 Å². The molecule has 4 rings (SSSR count). The van der Waals surface area contributed by atoms with Gasteiger partial charge in [0, 0.05) is 25.8 Å². The molecule has 1 aromatic heterocycles. The molecule has 0 aliphatic heterocycles. The fourth-order valence-corrected chi connectivity index (χ4v) is 6.47. The maximum atomic E-state index is 13.1. The van der Waals surface area contributed by atoms with Gasteiger partial charge in [0.1, 0.15) is 0 Å². The number of carbonyl (C=O) groups is 1. The van der Waals surface area contributed by atoms with E-state index in [9.17, 15) is 13.2 Å². The Balaban J connectivity index is 1.67. The number of sulfonamides is 1. The smallest absolute Gasteiger partial charge is 0.279 e. The van der Waals surface area contributed by atoms with Crippen LogP contribution in [0.25, 0.3) is 10.2 Å². The zero-order valence-corrected chi connectivity index (χ0v) is 22.4. The maximum Gasteiger partial charge on any atom is 0.279 e. The van der Waals surface area contributed by atoms with Crippen molar-refractivity contribution in [3.8, 4) is 0 Å². The first-order valence-corrected chi connectivity index (χ1v) is 13.9. The molecular weight excluding hydrogens is 494 g/mol. The Bertz CT molecular complexity index is 1550. The summed E-state index contributed by atoms with van der Waals surface area (Å²) in [7, 11) is -2.26. The minimum Gasteiger partial charge on any atom is -0.380 e. The summed E-state index contributed by atoms with van der Waals surface area (Å²) in [4.78, 5) is 18.2. The molecule has 36 heavy (non-hydrogen) atoms. The molecule has 0 spiro atoms. The molecule has 7 nitrogen and oxygen atoms in total. The van der Waals surface area contributed by atoms with Gasteiger partial charge < -0.3 is 9.30 Å². The van der Waals surface area contributed by atoms with Crippen LogP contribution in [0, 0.1) is 13.8 Å². The van der Waals surface area contributed by atoms with E-state index in [0.717, 1.165) is 21.3 Å². The van der Waals surface area contributed by atoms with E-state index in [2.05, 4.69) is 24.0 Å². The lowest BCUT2D eigenvalue weighted by atomic mass is 10.1. The number of benzene rings is 3. The highest BCUT2D eigenvalue weighted by atomic mass is 32.2. The van der Waals surface area contributed by atoms with Gasteiger partial charge in [-0.3, -0.25) is 9.10 Å². The predicted molar refractivity (Wildman–Crippen MR) is 144 cm³/mol. The molecule has 0 aliphatic rings. The number of para-hydroxylation sites is 1. The predicted octanol–water partition coefficient (Wildman–Crippen LogP) is 4.92. The molecule has 0 unspecified atom stereocenters. The maximum absolute atomic E-state index is 13.1. The first-order chi connectivity index (χ1) is 17.2. The second kappa shape index (κ2) is 10.8. The SMILES string of the molecule is CCOCCn1c(=NC(=O)c2ccc(S(=O)(=O)N(C)c3ccccc3)cc2)sc2cc(C)cc(C)c21. The fourth-order valence-electron chi connectivity index (χ4n) is 4.04. The third kappa shape index (κ3) is 5.28. The van der Waals surface area contributed by atoms with Gasteiger partial charge in [-0.15, -0.1) is 0 Å². The number of aromatic nitrogens is 1. The Morgan fingerprint density at radius 2 is 1.75 bits per heavy atom. The minimum atomic E-state index is -3.76. The molecule has 3 aromatic carbocycles. The highest BCUT2D eigenvalue weighted by Crippen LogP contribution is 2.24. The van der Waals surface area contributed by atoms with Crippen molar-refractivity contribution in [2.75, 3.05) is 24.6 Å². The molecule has 9 heteroatoms. The molecule has 188 valence electrons. The van der Waals surface area contributed by atoms with E-state index >= 15 is 0 Å². The Hall–Kier alpha value is -3.27. The van der Waals surface area contributed by atoms with Crippen molar-refractivity contribution in [2.24, 2.45) is 4.99 Å². The second-order valence-corrected chi connectivity index (χ2v) is 11.4. The van der Waals surface area contributed by atoms with E-state index in [0.29, 0.717) is 35.8 Å². The van der Waals surface area contributed by atoms with Crippen molar-refractivity contribution in [3.05, 3.63) is 88.2 Å². The zero-order chi connectivity index (χ0) is 25.9. The number of ether oxygens (including phenoxy) is 1. The van der Waals surface area contributed by atoms with Gasteiger partial charge in [0.25, 0.3) is 15.9 Å². The molecule has 0 saturated heterocycles. The van der Waals surface area contributed by atoms with Gasteiger partial charge >= 0.3 is 0 Å². The number of hydrogen-bond acceptors (Lipinski definition) is 5. The van der Waals surface area contributed by atoms with Crippen LogP contribution >= 0.6 is 11.3 Å². The van der Waals surface area contributed by atoms with E-state index in [-0.39, 0.29) is 4.90 Å². The first kappa shape index (κ1) is 25.8. The third-order valence-electron chi connectivity index (χ3n) is 5.85. The van der Waals surface area contributed by atoms with Gasteiger partial charge in [0.2, 0.25) is 0 Å². The normalized spacial score (nSPS) is 12.3. The van der Waals surface area contributed by atoms with Gasteiger partial charge in [-0.1, -0.05) is 35.6 Å². The molecule has 0 atom stereocenters. The average Bonchev–Trinajstić information content (AvgIpc) is 3.21. The molecule has 1 heterocycles. The first-order valence-electron chi connectivity index (χ1n) is 11.6. The van der Waals surface area contributed by atoms with Crippen LogP contribution in [0.5, 0.6) is 0 Å². The van der Waals surface area contributed by atoms with E-state index in [1.807, 2.05) is 24.5 Å². The topological polar surface area (TPSA) is 81.0 Å². The van der Waals surface area contributed by atoms with Crippen LogP contribution in [0.2, 0.25) is 0 Å². The van der Waals surface area contributed by atoms with Gasteiger partial charge in [-0.05, 0) is 74.4 Å². The van der Waals surface area contributed by atoms with Crippen molar-refractivity contribution >= 4 is 43.2 Å². The second-order valence-electron chi connectivity index (χ2n) is 8.41. The fraction of sp³-hybridized carbons (Fsp3) is 0.259. The number of carbonyl (C=O) groups excluding carboxylic acids is 1. The lowest BCUT2D eigenvalue weighted by molar-refractivity contribution is 0.0996. The Morgan fingerprint density at radius 1 is 1.06 bits per heavy atom. The molecule has 0 bridgehead atoms. The standard InChI is InChI=1S/C27H29N3O4S2/c1-5-34-16-15-30-25-20(3)17-19(2)18-24(25)35-27(30)28-26(31)21-11-13-23(14-12-21)36(32,33)29(4)22-9-7-6-8-10-22/h6-14,17-18H,5,15-16H2,1-4H3. The Morgan fingerprint density at radius 3 is 2.42 bits per heavy atom. The van der Waals surface area contributed by atoms with Gasteiger partial charge in [0.05, 0.1) is 27.4 Å². The third-order valence-corrected chi connectivity index (χ3v) is 8.68. The number of hydrogen-bond donors (Lipinski definition) is 0. The summed E-state index contributed by atoms with van der Waals surface area (Å²) >= 11 is 1.46. The molecule has 0 aliphatic carbocycles. The molecule has 0 saturated carbocycles. The van der Waals surface area contributed by atoms with Crippen LogP contribution in [0.1, 0.15) is 28.4 Å². The summed E-state index contributed by atoms with van der Waals surface area (Å²) < 4.78 is 35.9. The number of nitrogens with zero attached hydrogens (tertiary/aromatic N) is 3. The van der Waals surface area contributed by atoms with E-state index in [1.165, 1.54) is 47.0 Å². The highest BCUT2D eigenvalue weighted by molar-refractivity contribution is 7.92. The van der Waals surface area contributed by atoms with Crippen molar-refractivity contribution in [1.29, 1.82) is 0 Å². The molecular formula is C27H29N3O4S2. The number of anilines is 1. The van der Waals surface area contributed by atoms with Crippen LogP contribution in [0.4, 0.5) is 5.69 Å². The number of aryl methyl sites for hydroxylation is 2. The molecule has 4 aromatic rings. The molecule has 1 amide bonds. The number of rotatable bonds is 8. The highest BCUT2D eigenvalue weighted by Gasteiger charge is 2.21. The number of thiazole rings is 1. The zero-order valence-electron chi connectivity index (χ0n) is 20.8. The monoisotopic (exact) mass is 523 g/mol. The van der Waals surface area contributed by atoms with Crippen molar-refractivity contribution < 1.29 is 17.9 Å². The van der Waals surface area contributed by atoms with Crippen LogP contribution in [-0.4, -0.2) is 39.2 Å². The number of amides is 1. The summed E-state index contributed by atoms with van der Waals surface area (Å²) in [5.74, 6) is -0.429. The van der Waals surface area contributed by atoms with Crippen LogP contribution in [0.15, 0.2) is 76.6 Å². The van der Waals surface area contributed by atoms with Crippen molar-refractivity contribution in [2.45, 2.75) is 32.2 Å². The lowest BCUT2D eigenvalue weighted by Gasteiger charge is -2.19. The van der Waals surface area contributed by atoms with E-state index in [4.69, 9.17) is 4.74 Å². The lowest BCUT2D eigenvalue weighted by Crippen LogP contribution is -2.26. The quantitative estimate of drug-likeness (QED) is 0.307. The van der Waals surface area contributed by atoms with E-state index in [1.54, 1.807) is 24.3 Å². The van der Waals surface area contributed by atoms with Crippen molar-refractivity contribution in [3.63, 3.8) is 0 Å². The Labute approximate surface area is 215 Å². The van der Waals surface area contributed by atoms with E-state index < -0.39 is 15.9 Å². The van der Waals surface area contributed by atoms with Gasteiger partial charge in [-0.25, -0.2) is 8.42 Å². The van der Waals surface area contributed by atoms with Gasteiger partial charge in [-0.2, -0.15) is 4.99 Å². The minimum absolute atomic E-state index is 0.102.